The fourth-order valence-electron chi connectivity index (χ4n) is 5.44. The quantitative estimate of drug-likeness (QED) is 0.255. The number of benzene rings is 3. The SMILES string of the molecule is CNC(=O)c1c(-c2ccc(F)cc2)oc2cc(N[S+](C)[O-])c([C@@H]3CCCN(S(=O)(=O)c4cccc5nonc45)C3)cc12. The number of rotatable bonds is 7. The maximum absolute atomic E-state index is 13.8. The summed E-state index contributed by atoms with van der Waals surface area (Å²) in [5.41, 5.74) is 2.81. The first-order chi connectivity index (χ1) is 20.2. The summed E-state index contributed by atoms with van der Waals surface area (Å²) in [6, 6.07) is 13.7. The number of halogens is 1. The first kappa shape index (κ1) is 28.2. The Kier molecular flexibility index (Phi) is 7.39. The molecule has 2 atom stereocenters. The van der Waals surface area contributed by atoms with Crippen LogP contribution < -0.4 is 10.0 Å². The van der Waals surface area contributed by atoms with Crippen LogP contribution in [-0.2, 0) is 21.4 Å². The zero-order chi connectivity index (χ0) is 29.6. The van der Waals surface area contributed by atoms with Gasteiger partial charge in [-0.3, -0.25) is 4.79 Å². The second-order valence-electron chi connectivity index (χ2n) is 9.97. The average molecular weight is 612 g/mol. The second kappa shape index (κ2) is 11.0. The molecule has 1 fully saturated rings. The van der Waals surface area contributed by atoms with Gasteiger partial charge in [-0.05, 0) is 77.1 Å². The maximum atomic E-state index is 13.8. The molecule has 3 aromatic carbocycles. The molecule has 1 aliphatic rings. The molecule has 2 N–H and O–H groups in total. The van der Waals surface area contributed by atoms with E-state index in [0.29, 0.717) is 52.7 Å². The third-order valence-electron chi connectivity index (χ3n) is 7.37. The first-order valence-corrected chi connectivity index (χ1v) is 16.1. The monoisotopic (exact) mass is 611 g/mol. The predicted molar refractivity (Wildman–Crippen MR) is 155 cm³/mol. The number of anilines is 1. The van der Waals surface area contributed by atoms with Crippen LogP contribution >= 0.6 is 0 Å². The van der Waals surface area contributed by atoms with Gasteiger partial charge in [0, 0.05) is 37.2 Å². The van der Waals surface area contributed by atoms with Gasteiger partial charge >= 0.3 is 0 Å². The lowest BCUT2D eigenvalue weighted by Crippen LogP contribution is -2.39. The summed E-state index contributed by atoms with van der Waals surface area (Å²) in [6.45, 7) is 0.438. The predicted octanol–water partition coefficient (Wildman–Crippen LogP) is 4.41. The Labute approximate surface area is 243 Å². The fourth-order valence-corrected chi connectivity index (χ4v) is 7.59. The molecule has 0 bridgehead atoms. The molecular weight excluding hydrogens is 585 g/mol. The van der Waals surface area contributed by atoms with Crippen LogP contribution in [0.5, 0.6) is 0 Å². The number of fused-ring (bicyclic) bond motifs is 2. The topological polar surface area (TPSA) is 154 Å². The van der Waals surface area contributed by atoms with Crippen LogP contribution in [-0.4, -0.2) is 59.9 Å². The van der Waals surface area contributed by atoms with Crippen LogP contribution in [0.1, 0.15) is 34.7 Å². The second-order valence-corrected chi connectivity index (χ2v) is 13.0. The van der Waals surface area contributed by atoms with Crippen molar-refractivity contribution in [1.82, 2.24) is 19.9 Å². The molecule has 1 saturated heterocycles. The number of piperidine rings is 1. The highest BCUT2D eigenvalue weighted by Crippen LogP contribution is 2.41. The third-order valence-corrected chi connectivity index (χ3v) is 9.77. The van der Waals surface area contributed by atoms with E-state index >= 15 is 0 Å². The van der Waals surface area contributed by atoms with E-state index in [1.54, 1.807) is 24.3 Å². The minimum absolute atomic E-state index is 0.00559. The van der Waals surface area contributed by atoms with Gasteiger partial charge < -0.3 is 14.3 Å². The van der Waals surface area contributed by atoms with Gasteiger partial charge in [-0.1, -0.05) is 6.07 Å². The van der Waals surface area contributed by atoms with E-state index in [9.17, 15) is 22.2 Å². The summed E-state index contributed by atoms with van der Waals surface area (Å²) in [7, 11) is -2.46. The van der Waals surface area contributed by atoms with Gasteiger partial charge in [-0.2, -0.15) is 4.31 Å². The van der Waals surface area contributed by atoms with Crippen molar-refractivity contribution in [3.63, 3.8) is 0 Å². The van der Waals surface area contributed by atoms with Crippen molar-refractivity contribution in [3.05, 3.63) is 71.5 Å². The first-order valence-electron chi connectivity index (χ1n) is 13.1. The standard InChI is InChI=1S/C28H26FN5O6S2/c1-30-28(35)25-20-13-19(22(33-41(2)36)14-23(20)39-27(25)16-8-10-18(29)11-9-16)17-5-4-12-34(15-17)42(37,38)24-7-3-6-21-26(24)32-40-31-21/h3,6-11,13-14,17,33H,4-5,12,15H2,1-2H3,(H,30,35)/t17-,41?/m1/s1. The van der Waals surface area contributed by atoms with Gasteiger partial charge in [0.1, 0.15) is 33.8 Å². The molecule has 1 aliphatic heterocycles. The number of hydrogen-bond donors (Lipinski definition) is 2. The zero-order valence-corrected chi connectivity index (χ0v) is 24.2. The number of hydrogen-bond acceptors (Lipinski definition) is 9. The molecule has 1 unspecified atom stereocenters. The molecule has 5 aromatic rings. The van der Waals surface area contributed by atoms with Crippen LogP contribution in [0.4, 0.5) is 10.1 Å². The summed E-state index contributed by atoms with van der Waals surface area (Å²) >= 11 is -1.46. The van der Waals surface area contributed by atoms with Crippen molar-refractivity contribution < 1.29 is 31.2 Å². The molecule has 42 heavy (non-hydrogen) atoms. The van der Waals surface area contributed by atoms with Gasteiger partial charge in [0.05, 0.1) is 22.6 Å². The number of furan rings is 1. The van der Waals surface area contributed by atoms with Crippen molar-refractivity contribution in [2.45, 2.75) is 23.7 Å². The third kappa shape index (κ3) is 5.00. The molecule has 1 amide bonds. The van der Waals surface area contributed by atoms with E-state index in [0.717, 1.165) is 0 Å². The number of carbonyl (C=O) groups is 1. The lowest BCUT2D eigenvalue weighted by Gasteiger charge is -2.33. The molecule has 0 radical (unpaired) electrons. The number of sulfonamides is 1. The van der Waals surface area contributed by atoms with Gasteiger partial charge in [-0.15, -0.1) is 0 Å². The Bertz CT molecular complexity index is 1910. The maximum Gasteiger partial charge on any atom is 0.255 e. The summed E-state index contributed by atoms with van der Waals surface area (Å²) in [4.78, 5) is 13.1. The summed E-state index contributed by atoms with van der Waals surface area (Å²) in [6.07, 6.45) is 2.70. The number of nitrogens with zero attached hydrogens (tertiary/aromatic N) is 3. The Morgan fingerprint density at radius 3 is 2.69 bits per heavy atom. The smallest absolute Gasteiger partial charge is 0.255 e. The molecule has 11 nitrogen and oxygen atoms in total. The van der Waals surface area contributed by atoms with E-state index in [1.165, 1.54) is 47.9 Å². The van der Waals surface area contributed by atoms with Crippen LogP contribution in [0.25, 0.3) is 33.3 Å². The van der Waals surface area contributed by atoms with Crippen molar-refractivity contribution >= 4 is 55.0 Å². The summed E-state index contributed by atoms with van der Waals surface area (Å²) in [5.74, 6) is -0.878. The molecular formula is C28H26FN5O6S2. The lowest BCUT2D eigenvalue weighted by atomic mass is 9.89. The van der Waals surface area contributed by atoms with E-state index in [1.807, 2.05) is 0 Å². The van der Waals surface area contributed by atoms with Crippen molar-refractivity contribution in [3.8, 4) is 11.3 Å². The molecule has 0 aliphatic carbocycles. The zero-order valence-electron chi connectivity index (χ0n) is 22.6. The number of aromatic nitrogens is 2. The highest BCUT2D eigenvalue weighted by Gasteiger charge is 2.35. The highest BCUT2D eigenvalue weighted by atomic mass is 32.2. The number of nitrogens with one attached hydrogen (secondary N) is 2. The molecule has 6 rings (SSSR count). The Balaban J connectivity index is 1.45. The van der Waals surface area contributed by atoms with Crippen molar-refractivity contribution in [2.75, 3.05) is 31.1 Å². The van der Waals surface area contributed by atoms with Crippen LogP contribution in [0.3, 0.4) is 0 Å². The molecule has 0 saturated carbocycles. The van der Waals surface area contributed by atoms with E-state index in [4.69, 9.17) is 9.05 Å². The number of amides is 1. The van der Waals surface area contributed by atoms with E-state index in [-0.39, 0.29) is 34.2 Å². The summed E-state index contributed by atoms with van der Waals surface area (Å²) in [5, 5.41) is 10.7. The fraction of sp³-hybridized carbons (Fsp3) is 0.250. The normalized spacial score (nSPS) is 17.0. The minimum atomic E-state index is -3.96. The molecule has 0 spiro atoms. The van der Waals surface area contributed by atoms with Gasteiger partial charge in [0.25, 0.3) is 5.91 Å². The van der Waals surface area contributed by atoms with Crippen LogP contribution in [0.15, 0.2) is 68.5 Å². The molecule has 2 aromatic heterocycles. The lowest BCUT2D eigenvalue weighted by molar-refractivity contribution is 0.0964. The number of carbonyl (C=O) groups excluding carboxylic acids is 1. The van der Waals surface area contributed by atoms with E-state index < -0.39 is 33.1 Å². The largest absolute Gasteiger partial charge is 0.593 e. The van der Waals surface area contributed by atoms with Gasteiger partial charge in [0.15, 0.2) is 5.52 Å². The minimum Gasteiger partial charge on any atom is -0.593 e. The van der Waals surface area contributed by atoms with Gasteiger partial charge in [-0.25, -0.2) is 22.2 Å². The highest BCUT2D eigenvalue weighted by molar-refractivity contribution is 7.92. The van der Waals surface area contributed by atoms with Crippen LogP contribution in [0, 0.1) is 5.82 Å². The Morgan fingerprint density at radius 1 is 1.17 bits per heavy atom. The van der Waals surface area contributed by atoms with Gasteiger partial charge in [0.2, 0.25) is 10.0 Å². The Morgan fingerprint density at radius 2 is 1.95 bits per heavy atom. The van der Waals surface area contributed by atoms with Crippen molar-refractivity contribution in [2.24, 2.45) is 0 Å². The summed E-state index contributed by atoms with van der Waals surface area (Å²) < 4.78 is 68.8. The molecule has 14 heteroatoms. The van der Waals surface area contributed by atoms with Crippen LogP contribution in [0.2, 0.25) is 0 Å². The average Bonchev–Trinajstić information content (AvgIpc) is 3.61. The molecule has 3 heterocycles. The Hall–Kier alpha value is -3.98. The van der Waals surface area contributed by atoms with E-state index in [2.05, 4.69) is 20.4 Å². The molecule has 218 valence electrons. The van der Waals surface area contributed by atoms with Crippen molar-refractivity contribution in [1.29, 1.82) is 0 Å².